The zero-order valence-corrected chi connectivity index (χ0v) is 13.3. The highest BCUT2D eigenvalue weighted by Crippen LogP contribution is 2.26. The van der Waals surface area contributed by atoms with Crippen molar-refractivity contribution in [3.63, 3.8) is 0 Å². The molecule has 0 aliphatic rings. The maximum absolute atomic E-state index is 10.4. The Hall–Kier alpha value is -0.0900. The number of hydrogen-bond acceptors (Lipinski definition) is 2. The minimum Gasteiger partial charge on any atom is -0.390 e. The van der Waals surface area contributed by atoms with Crippen LogP contribution in [0.3, 0.4) is 0 Å². The lowest BCUT2D eigenvalue weighted by Gasteiger charge is -2.24. The Morgan fingerprint density at radius 1 is 1.39 bits per heavy atom. The number of hydrogen-bond donors (Lipinski definition) is 2. The zero-order valence-electron chi connectivity index (χ0n) is 11.0. The van der Waals surface area contributed by atoms with Crippen molar-refractivity contribution in [1.29, 1.82) is 0 Å². The van der Waals surface area contributed by atoms with Crippen LogP contribution in [0.15, 0.2) is 22.7 Å². The molecule has 4 heteroatoms. The molecule has 0 aliphatic heterocycles. The number of benzene rings is 1. The van der Waals surface area contributed by atoms with Crippen molar-refractivity contribution in [2.75, 3.05) is 13.1 Å². The van der Waals surface area contributed by atoms with Crippen molar-refractivity contribution < 1.29 is 5.11 Å². The van der Waals surface area contributed by atoms with Gasteiger partial charge < -0.3 is 10.4 Å². The lowest BCUT2D eigenvalue weighted by atomic mass is 9.93. The van der Waals surface area contributed by atoms with Gasteiger partial charge in [0.25, 0.3) is 0 Å². The maximum Gasteiger partial charge on any atom is 0.0672 e. The quantitative estimate of drug-likeness (QED) is 0.744. The van der Waals surface area contributed by atoms with Gasteiger partial charge in [-0.1, -0.05) is 40.5 Å². The van der Waals surface area contributed by atoms with E-state index in [-0.39, 0.29) is 0 Å². The molecule has 102 valence electrons. The SMILES string of the molecule is CCCNCCC(C)(O)Cc1ccc(Br)cc1Cl. The first-order chi connectivity index (χ1) is 8.44. The standard InChI is InChI=1S/C14H21BrClNO/c1-3-7-17-8-6-14(2,18)10-11-4-5-12(15)9-13(11)16/h4-5,9,17-18H,3,6-8,10H2,1-2H3. The molecular weight excluding hydrogens is 314 g/mol. The van der Waals surface area contributed by atoms with Gasteiger partial charge in [0.05, 0.1) is 5.60 Å². The molecule has 2 nitrogen and oxygen atoms in total. The van der Waals surface area contributed by atoms with Crippen LogP contribution in [-0.4, -0.2) is 23.8 Å². The predicted molar refractivity (Wildman–Crippen MR) is 81.3 cm³/mol. The fraction of sp³-hybridized carbons (Fsp3) is 0.571. The Morgan fingerprint density at radius 3 is 2.72 bits per heavy atom. The second kappa shape index (κ2) is 7.49. The van der Waals surface area contributed by atoms with E-state index in [1.54, 1.807) is 0 Å². The largest absolute Gasteiger partial charge is 0.390 e. The lowest BCUT2D eigenvalue weighted by Crippen LogP contribution is -2.32. The molecule has 1 rings (SSSR count). The molecule has 0 saturated carbocycles. The van der Waals surface area contributed by atoms with Gasteiger partial charge in [-0.05, 0) is 50.6 Å². The summed E-state index contributed by atoms with van der Waals surface area (Å²) in [5.74, 6) is 0. The summed E-state index contributed by atoms with van der Waals surface area (Å²) >= 11 is 9.54. The minimum absolute atomic E-state index is 0.576. The van der Waals surface area contributed by atoms with E-state index in [4.69, 9.17) is 11.6 Å². The van der Waals surface area contributed by atoms with E-state index in [0.717, 1.165) is 36.0 Å². The number of aliphatic hydroxyl groups is 1. The van der Waals surface area contributed by atoms with E-state index in [2.05, 4.69) is 28.2 Å². The molecule has 0 aromatic heterocycles. The van der Waals surface area contributed by atoms with Crippen LogP contribution in [-0.2, 0) is 6.42 Å². The molecule has 1 aromatic carbocycles. The highest BCUT2D eigenvalue weighted by Gasteiger charge is 2.21. The molecule has 0 amide bonds. The summed E-state index contributed by atoms with van der Waals surface area (Å²) in [6.07, 6.45) is 2.41. The normalized spacial score (nSPS) is 14.5. The van der Waals surface area contributed by atoms with Crippen molar-refractivity contribution >= 4 is 27.5 Å². The molecule has 0 fully saturated rings. The van der Waals surface area contributed by atoms with Crippen LogP contribution in [0.25, 0.3) is 0 Å². The number of rotatable bonds is 7. The molecule has 2 N–H and O–H groups in total. The first kappa shape index (κ1) is 16.0. The topological polar surface area (TPSA) is 32.3 Å². The summed E-state index contributed by atoms with van der Waals surface area (Å²) in [7, 11) is 0. The smallest absolute Gasteiger partial charge is 0.0672 e. The lowest BCUT2D eigenvalue weighted by molar-refractivity contribution is 0.0516. The van der Waals surface area contributed by atoms with Gasteiger partial charge in [-0.3, -0.25) is 0 Å². The third-order valence-electron chi connectivity index (χ3n) is 2.85. The van der Waals surface area contributed by atoms with E-state index < -0.39 is 5.60 Å². The second-order valence-corrected chi connectivity index (χ2v) is 6.23. The third-order valence-corrected chi connectivity index (χ3v) is 3.70. The molecule has 0 heterocycles. The van der Waals surface area contributed by atoms with E-state index >= 15 is 0 Å². The van der Waals surface area contributed by atoms with Crippen LogP contribution >= 0.6 is 27.5 Å². The van der Waals surface area contributed by atoms with Gasteiger partial charge in [0.15, 0.2) is 0 Å². The van der Waals surface area contributed by atoms with Crippen molar-refractivity contribution in [3.05, 3.63) is 33.3 Å². The molecule has 1 aromatic rings. The van der Waals surface area contributed by atoms with Crippen molar-refractivity contribution in [3.8, 4) is 0 Å². The average Bonchev–Trinajstić information content (AvgIpc) is 2.28. The van der Waals surface area contributed by atoms with Crippen LogP contribution in [0, 0.1) is 0 Å². The van der Waals surface area contributed by atoms with Gasteiger partial charge >= 0.3 is 0 Å². The van der Waals surface area contributed by atoms with E-state index in [0.29, 0.717) is 11.4 Å². The van der Waals surface area contributed by atoms with Gasteiger partial charge in [0, 0.05) is 15.9 Å². The molecule has 0 bridgehead atoms. The van der Waals surface area contributed by atoms with Gasteiger partial charge in [-0.15, -0.1) is 0 Å². The van der Waals surface area contributed by atoms with Gasteiger partial charge in [0.2, 0.25) is 0 Å². The van der Waals surface area contributed by atoms with Crippen LogP contribution in [0.1, 0.15) is 32.3 Å². The molecule has 0 spiro atoms. The molecule has 1 atom stereocenters. The van der Waals surface area contributed by atoms with Gasteiger partial charge in [-0.2, -0.15) is 0 Å². The van der Waals surface area contributed by atoms with Crippen molar-refractivity contribution in [2.45, 2.75) is 38.7 Å². The number of nitrogens with one attached hydrogen (secondary N) is 1. The summed E-state index contributed by atoms with van der Waals surface area (Å²) in [6, 6.07) is 5.77. The van der Waals surface area contributed by atoms with Gasteiger partial charge in [0.1, 0.15) is 0 Å². The minimum atomic E-state index is -0.724. The first-order valence-electron chi connectivity index (χ1n) is 6.31. The summed E-state index contributed by atoms with van der Waals surface area (Å²) < 4.78 is 0.959. The molecule has 0 aliphatic carbocycles. The fourth-order valence-electron chi connectivity index (χ4n) is 1.82. The zero-order chi connectivity index (χ0) is 13.6. The van der Waals surface area contributed by atoms with Crippen molar-refractivity contribution in [1.82, 2.24) is 5.32 Å². The Bertz CT molecular complexity index is 382. The highest BCUT2D eigenvalue weighted by atomic mass is 79.9. The Balaban J connectivity index is 2.53. The van der Waals surface area contributed by atoms with Crippen LogP contribution in [0.4, 0.5) is 0 Å². The summed E-state index contributed by atoms with van der Waals surface area (Å²) in [4.78, 5) is 0. The third kappa shape index (κ3) is 5.70. The van der Waals surface area contributed by atoms with Crippen LogP contribution < -0.4 is 5.32 Å². The van der Waals surface area contributed by atoms with Crippen molar-refractivity contribution in [2.24, 2.45) is 0 Å². The monoisotopic (exact) mass is 333 g/mol. The Morgan fingerprint density at radius 2 is 2.11 bits per heavy atom. The second-order valence-electron chi connectivity index (χ2n) is 4.91. The average molecular weight is 335 g/mol. The Labute approximate surface area is 123 Å². The maximum atomic E-state index is 10.4. The summed E-state index contributed by atoms with van der Waals surface area (Å²) in [6.45, 7) is 5.82. The molecule has 18 heavy (non-hydrogen) atoms. The molecule has 0 saturated heterocycles. The predicted octanol–water partition coefficient (Wildman–Crippen LogP) is 3.79. The van der Waals surface area contributed by atoms with Gasteiger partial charge in [-0.25, -0.2) is 0 Å². The Kier molecular flexibility index (Phi) is 6.64. The molecule has 0 radical (unpaired) electrons. The van der Waals surface area contributed by atoms with Crippen LogP contribution in [0.5, 0.6) is 0 Å². The van der Waals surface area contributed by atoms with Crippen LogP contribution in [0.2, 0.25) is 5.02 Å². The first-order valence-corrected chi connectivity index (χ1v) is 7.49. The van der Waals surface area contributed by atoms with E-state index in [1.807, 2.05) is 25.1 Å². The van der Waals surface area contributed by atoms with E-state index in [9.17, 15) is 5.11 Å². The number of halogens is 2. The highest BCUT2D eigenvalue weighted by molar-refractivity contribution is 9.10. The molecular formula is C14H21BrClNO. The summed E-state index contributed by atoms with van der Waals surface area (Å²) in [5.41, 5.74) is 0.262. The summed E-state index contributed by atoms with van der Waals surface area (Å²) in [5, 5.41) is 14.4. The molecule has 1 unspecified atom stereocenters. The van der Waals surface area contributed by atoms with E-state index in [1.165, 1.54) is 0 Å². The fourth-order valence-corrected chi connectivity index (χ4v) is 2.56.